The van der Waals surface area contributed by atoms with E-state index in [4.69, 9.17) is 0 Å². The molecule has 0 radical (unpaired) electrons. The fraction of sp³-hybridized carbons (Fsp3) is 0.316. The van der Waals surface area contributed by atoms with Gasteiger partial charge in [-0.1, -0.05) is 19.3 Å². The minimum Gasteiger partial charge on any atom is -0.326 e. The van der Waals surface area contributed by atoms with E-state index in [9.17, 15) is 9.59 Å². The van der Waals surface area contributed by atoms with Crippen molar-refractivity contribution in [3.8, 4) is 0 Å². The molecule has 136 valence electrons. The average Bonchev–Trinajstić information content (AvgIpc) is 3.08. The molecule has 3 rings (SSSR count). The maximum Gasteiger partial charge on any atom is 0.271 e. The van der Waals surface area contributed by atoms with Gasteiger partial charge in [-0.15, -0.1) is 11.3 Å². The molecule has 26 heavy (non-hydrogen) atoms. The molecule has 0 bridgehead atoms. The summed E-state index contributed by atoms with van der Waals surface area (Å²) in [7, 11) is 0. The number of hydrogen-bond donors (Lipinski definition) is 2. The Labute approximate surface area is 165 Å². The van der Waals surface area contributed by atoms with Crippen LogP contribution < -0.4 is 10.7 Å². The highest BCUT2D eigenvalue weighted by Gasteiger charge is 2.21. The third kappa shape index (κ3) is 5.25. The molecule has 1 fully saturated rings. The van der Waals surface area contributed by atoms with Crippen LogP contribution in [0.5, 0.6) is 0 Å². The van der Waals surface area contributed by atoms with Crippen molar-refractivity contribution in [1.82, 2.24) is 5.43 Å². The van der Waals surface area contributed by atoms with Crippen LogP contribution >= 0.6 is 27.3 Å². The van der Waals surface area contributed by atoms with Gasteiger partial charge in [0.05, 0.1) is 10.0 Å². The van der Waals surface area contributed by atoms with E-state index in [1.165, 1.54) is 17.8 Å². The van der Waals surface area contributed by atoms with Crippen LogP contribution in [0.25, 0.3) is 0 Å². The van der Waals surface area contributed by atoms with E-state index in [0.717, 1.165) is 34.3 Å². The summed E-state index contributed by atoms with van der Waals surface area (Å²) in [6, 6.07) is 10.7. The number of nitrogens with zero attached hydrogens (tertiary/aromatic N) is 1. The molecule has 1 aliphatic carbocycles. The number of thiophene rings is 1. The van der Waals surface area contributed by atoms with Crippen LogP contribution in [0.2, 0.25) is 0 Å². The normalized spacial score (nSPS) is 15.1. The summed E-state index contributed by atoms with van der Waals surface area (Å²) < 4.78 is 1.01. The van der Waals surface area contributed by atoms with E-state index < -0.39 is 0 Å². The van der Waals surface area contributed by atoms with Gasteiger partial charge in [0.2, 0.25) is 5.91 Å². The fourth-order valence-electron chi connectivity index (χ4n) is 2.93. The first kappa shape index (κ1) is 18.8. The number of benzene rings is 1. The van der Waals surface area contributed by atoms with Crippen molar-refractivity contribution in [2.24, 2.45) is 11.0 Å². The number of anilines is 1. The minimum absolute atomic E-state index is 0.0774. The number of amides is 2. The standard InChI is InChI=1S/C19H20BrN3O2S/c20-17-11-10-16(26-17)12-21-23-19(25)14-6-8-15(9-7-14)22-18(24)13-4-2-1-3-5-13/h6-13H,1-5H2,(H,22,24)(H,23,25). The van der Waals surface area contributed by atoms with Crippen LogP contribution in [0.3, 0.4) is 0 Å². The van der Waals surface area contributed by atoms with Crippen molar-refractivity contribution in [2.45, 2.75) is 32.1 Å². The van der Waals surface area contributed by atoms with Gasteiger partial charge >= 0.3 is 0 Å². The molecular weight excluding hydrogens is 414 g/mol. The van der Waals surface area contributed by atoms with Gasteiger partial charge in [0.15, 0.2) is 0 Å². The first-order valence-electron chi connectivity index (χ1n) is 8.61. The van der Waals surface area contributed by atoms with Gasteiger partial charge in [0.25, 0.3) is 5.91 Å². The second kappa shape index (κ2) is 9.09. The van der Waals surface area contributed by atoms with E-state index >= 15 is 0 Å². The summed E-state index contributed by atoms with van der Waals surface area (Å²) in [6.45, 7) is 0. The molecule has 7 heteroatoms. The molecule has 0 saturated heterocycles. The highest BCUT2D eigenvalue weighted by atomic mass is 79.9. The van der Waals surface area contributed by atoms with Crippen LogP contribution in [0.4, 0.5) is 5.69 Å². The zero-order valence-electron chi connectivity index (χ0n) is 14.2. The molecule has 0 aliphatic heterocycles. The predicted octanol–water partition coefficient (Wildman–Crippen LogP) is 4.79. The summed E-state index contributed by atoms with van der Waals surface area (Å²) in [4.78, 5) is 25.3. The Morgan fingerprint density at radius 1 is 1.08 bits per heavy atom. The lowest BCUT2D eigenvalue weighted by Crippen LogP contribution is -2.24. The average molecular weight is 434 g/mol. The van der Waals surface area contributed by atoms with Crippen molar-refractivity contribution in [1.29, 1.82) is 0 Å². The lowest BCUT2D eigenvalue weighted by atomic mass is 9.88. The van der Waals surface area contributed by atoms with E-state index in [0.29, 0.717) is 11.3 Å². The Bertz CT molecular complexity index is 795. The van der Waals surface area contributed by atoms with Crippen LogP contribution in [0, 0.1) is 5.92 Å². The second-order valence-corrected chi connectivity index (χ2v) is 8.74. The molecule has 5 nitrogen and oxygen atoms in total. The topological polar surface area (TPSA) is 70.6 Å². The lowest BCUT2D eigenvalue weighted by Gasteiger charge is -2.20. The van der Waals surface area contributed by atoms with Gasteiger partial charge < -0.3 is 5.32 Å². The zero-order chi connectivity index (χ0) is 18.4. The fourth-order valence-corrected chi connectivity index (χ4v) is 4.23. The molecule has 2 amide bonds. The van der Waals surface area contributed by atoms with Crippen molar-refractivity contribution in [2.75, 3.05) is 5.32 Å². The second-order valence-electron chi connectivity index (χ2n) is 6.24. The van der Waals surface area contributed by atoms with E-state index in [1.807, 2.05) is 12.1 Å². The molecule has 2 aromatic rings. The third-order valence-corrected chi connectivity index (χ3v) is 5.90. The summed E-state index contributed by atoms with van der Waals surface area (Å²) in [5.74, 6) is -0.103. The smallest absolute Gasteiger partial charge is 0.271 e. The molecule has 0 atom stereocenters. The first-order valence-corrected chi connectivity index (χ1v) is 10.2. The van der Waals surface area contributed by atoms with Gasteiger partial charge in [-0.3, -0.25) is 9.59 Å². The van der Waals surface area contributed by atoms with Gasteiger partial charge in [-0.25, -0.2) is 5.43 Å². The van der Waals surface area contributed by atoms with Crippen LogP contribution in [-0.4, -0.2) is 18.0 Å². The minimum atomic E-state index is -0.290. The summed E-state index contributed by atoms with van der Waals surface area (Å²) in [6.07, 6.45) is 7.00. The first-order chi connectivity index (χ1) is 12.6. The molecule has 1 aromatic carbocycles. The molecule has 2 N–H and O–H groups in total. The number of hydrazone groups is 1. The largest absolute Gasteiger partial charge is 0.326 e. The Hall–Kier alpha value is -1.99. The third-order valence-electron chi connectivity index (χ3n) is 4.34. The van der Waals surface area contributed by atoms with Crippen molar-refractivity contribution >= 4 is 51.0 Å². The Kier molecular flexibility index (Phi) is 6.57. The van der Waals surface area contributed by atoms with Gasteiger partial charge in [0, 0.05) is 22.0 Å². The van der Waals surface area contributed by atoms with Gasteiger partial charge in [-0.2, -0.15) is 5.10 Å². The number of carbonyl (C=O) groups excluding carboxylic acids is 2. The zero-order valence-corrected chi connectivity index (χ0v) is 16.6. The summed E-state index contributed by atoms with van der Waals surface area (Å²) in [5.41, 5.74) is 3.71. The van der Waals surface area contributed by atoms with Crippen LogP contribution in [0.1, 0.15) is 47.3 Å². The monoisotopic (exact) mass is 433 g/mol. The number of halogens is 1. The number of nitrogens with one attached hydrogen (secondary N) is 2. The number of carbonyl (C=O) groups is 2. The van der Waals surface area contributed by atoms with E-state index in [-0.39, 0.29) is 17.7 Å². The Morgan fingerprint density at radius 3 is 2.46 bits per heavy atom. The highest BCUT2D eigenvalue weighted by Crippen LogP contribution is 2.25. The molecular formula is C19H20BrN3O2S. The molecule has 0 spiro atoms. The van der Waals surface area contributed by atoms with E-state index in [2.05, 4.69) is 31.8 Å². The van der Waals surface area contributed by atoms with Crippen molar-refractivity contribution < 1.29 is 9.59 Å². The molecule has 1 heterocycles. The molecule has 1 saturated carbocycles. The number of rotatable bonds is 5. The summed E-state index contributed by atoms with van der Waals surface area (Å²) in [5, 5.41) is 6.90. The van der Waals surface area contributed by atoms with Crippen molar-refractivity contribution in [3.63, 3.8) is 0 Å². The molecule has 1 aromatic heterocycles. The van der Waals surface area contributed by atoms with Crippen LogP contribution in [0.15, 0.2) is 45.3 Å². The predicted molar refractivity (Wildman–Crippen MR) is 109 cm³/mol. The maximum absolute atomic E-state index is 12.3. The molecule has 1 aliphatic rings. The van der Waals surface area contributed by atoms with Gasteiger partial charge in [0.1, 0.15) is 0 Å². The lowest BCUT2D eigenvalue weighted by molar-refractivity contribution is -0.120. The summed E-state index contributed by atoms with van der Waals surface area (Å²) >= 11 is 4.91. The van der Waals surface area contributed by atoms with Gasteiger partial charge in [-0.05, 0) is 65.2 Å². The molecule has 0 unspecified atom stereocenters. The Balaban J connectivity index is 1.52. The SMILES string of the molecule is O=C(NN=Cc1ccc(Br)s1)c1ccc(NC(=O)C2CCCCC2)cc1. The maximum atomic E-state index is 12.3. The highest BCUT2D eigenvalue weighted by molar-refractivity contribution is 9.11. The van der Waals surface area contributed by atoms with E-state index in [1.54, 1.807) is 30.5 Å². The Morgan fingerprint density at radius 2 is 1.81 bits per heavy atom. The van der Waals surface area contributed by atoms with Crippen LogP contribution in [-0.2, 0) is 4.79 Å². The van der Waals surface area contributed by atoms with Crippen molar-refractivity contribution in [3.05, 3.63) is 50.6 Å². The quantitative estimate of drug-likeness (QED) is 0.525. The number of hydrogen-bond acceptors (Lipinski definition) is 4.